The Morgan fingerprint density at radius 3 is 2.91 bits per heavy atom. The van der Waals surface area contributed by atoms with E-state index in [1.165, 1.54) is 6.07 Å². The Morgan fingerprint density at radius 1 is 1.64 bits per heavy atom. The summed E-state index contributed by atoms with van der Waals surface area (Å²) < 4.78 is 10.4. The van der Waals surface area contributed by atoms with Gasteiger partial charge in [0.05, 0.1) is 24.1 Å². The van der Waals surface area contributed by atoms with Crippen molar-refractivity contribution in [1.29, 1.82) is 0 Å². The van der Waals surface area contributed by atoms with Crippen molar-refractivity contribution in [2.45, 2.75) is 38.4 Å². The Morgan fingerprint density at radius 2 is 2.32 bits per heavy atom. The van der Waals surface area contributed by atoms with Crippen molar-refractivity contribution >= 4 is 23.3 Å². The molecular formula is C14H16ClNO6. The molecule has 8 heteroatoms. The van der Waals surface area contributed by atoms with Gasteiger partial charge < -0.3 is 14.6 Å². The number of hydrogen-bond donors (Lipinski definition) is 1. The average Bonchev–Trinajstić information content (AvgIpc) is 2.36. The van der Waals surface area contributed by atoms with Gasteiger partial charge in [-0.1, -0.05) is 11.6 Å². The highest BCUT2D eigenvalue weighted by Gasteiger charge is 2.42. The van der Waals surface area contributed by atoms with Gasteiger partial charge in [-0.05, 0) is 13.8 Å². The monoisotopic (exact) mass is 329 g/mol. The molecule has 1 N–H and O–H groups in total. The van der Waals surface area contributed by atoms with Crippen LogP contribution in [0.3, 0.4) is 0 Å². The zero-order valence-corrected chi connectivity index (χ0v) is 12.9. The van der Waals surface area contributed by atoms with Gasteiger partial charge in [-0.25, -0.2) is 0 Å². The van der Waals surface area contributed by atoms with Crippen LogP contribution in [0.25, 0.3) is 0 Å². The van der Waals surface area contributed by atoms with Crippen molar-refractivity contribution in [3.8, 4) is 5.75 Å². The van der Waals surface area contributed by atoms with Gasteiger partial charge in [-0.2, -0.15) is 0 Å². The van der Waals surface area contributed by atoms with E-state index >= 15 is 0 Å². The summed E-state index contributed by atoms with van der Waals surface area (Å²) in [6.07, 6.45) is -0.553. The number of nitro benzene ring substituents is 1. The molecule has 1 heterocycles. The van der Waals surface area contributed by atoms with Crippen LogP contribution < -0.4 is 4.74 Å². The molecule has 0 unspecified atom stereocenters. The van der Waals surface area contributed by atoms with Crippen LogP contribution in [0.4, 0.5) is 5.69 Å². The number of ether oxygens (including phenoxy) is 2. The van der Waals surface area contributed by atoms with Gasteiger partial charge in [0.1, 0.15) is 16.4 Å². The number of nitrogens with zero attached hydrogens (tertiary/aromatic N) is 1. The SMILES string of the molecule is CCOC(=O)C[C@]1(O)C[C@@H](C)Oc2cc(Cl)c([N+](=O)[O-])cc21. The Kier molecular flexibility index (Phi) is 4.58. The molecule has 120 valence electrons. The Bertz CT molecular complexity index is 620. The van der Waals surface area contributed by atoms with Gasteiger partial charge in [0, 0.05) is 24.1 Å². The molecule has 1 aliphatic heterocycles. The van der Waals surface area contributed by atoms with Gasteiger partial charge in [0.15, 0.2) is 0 Å². The second-order valence-electron chi connectivity index (χ2n) is 5.20. The first-order valence-corrected chi connectivity index (χ1v) is 7.17. The summed E-state index contributed by atoms with van der Waals surface area (Å²) in [5.74, 6) is -0.344. The molecule has 0 amide bonds. The maximum absolute atomic E-state index is 11.7. The van der Waals surface area contributed by atoms with E-state index in [9.17, 15) is 20.0 Å². The second-order valence-corrected chi connectivity index (χ2v) is 5.61. The molecule has 0 fully saturated rings. The van der Waals surface area contributed by atoms with E-state index in [1.54, 1.807) is 13.8 Å². The Labute approximate surface area is 131 Å². The quantitative estimate of drug-likeness (QED) is 0.518. The third kappa shape index (κ3) is 3.15. The number of carbonyl (C=O) groups excluding carboxylic acids is 1. The molecule has 0 aromatic heterocycles. The van der Waals surface area contributed by atoms with Crippen molar-refractivity contribution in [3.05, 3.63) is 32.8 Å². The fourth-order valence-electron chi connectivity index (χ4n) is 2.61. The summed E-state index contributed by atoms with van der Waals surface area (Å²) in [7, 11) is 0. The van der Waals surface area contributed by atoms with Crippen molar-refractivity contribution in [3.63, 3.8) is 0 Å². The van der Waals surface area contributed by atoms with E-state index < -0.39 is 16.5 Å². The lowest BCUT2D eigenvalue weighted by Crippen LogP contribution is -2.39. The number of carbonyl (C=O) groups is 1. The van der Waals surface area contributed by atoms with Gasteiger partial charge in [-0.15, -0.1) is 0 Å². The van der Waals surface area contributed by atoms with E-state index in [4.69, 9.17) is 21.1 Å². The number of esters is 1. The smallest absolute Gasteiger partial charge is 0.309 e. The van der Waals surface area contributed by atoms with Crippen LogP contribution in [0.15, 0.2) is 12.1 Å². The third-order valence-corrected chi connectivity index (χ3v) is 3.75. The first-order valence-electron chi connectivity index (χ1n) is 6.80. The lowest BCUT2D eigenvalue weighted by Gasteiger charge is -2.36. The maximum atomic E-state index is 11.7. The maximum Gasteiger partial charge on any atom is 0.309 e. The highest BCUT2D eigenvalue weighted by Crippen LogP contribution is 2.45. The highest BCUT2D eigenvalue weighted by atomic mass is 35.5. The third-order valence-electron chi connectivity index (χ3n) is 3.44. The second kappa shape index (κ2) is 6.10. The number of fused-ring (bicyclic) bond motifs is 1. The number of benzene rings is 1. The standard InChI is InChI=1S/C14H16ClNO6/c1-3-21-13(17)7-14(18)6-8(2)22-12-5-10(15)11(16(19)20)4-9(12)14/h4-5,8,18H,3,6-7H2,1-2H3/t8-,14-/m1/s1. The fourth-order valence-corrected chi connectivity index (χ4v) is 2.83. The van der Waals surface area contributed by atoms with Gasteiger partial charge in [-0.3, -0.25) is 14.9 Å². The predicted molar refractivity (Wildman–Crippen MR) is 78.0 cm³/mol. The van der Waals surface area contributed by atoms with Crippen molar-refractivity contribution in [1.82, 2.24) is 0 Å². The molecule has 0 spiro atoms. The number of hydrogen-bond acceptors (Lipinski definition) is 6. The summed E-state index contributed by atoms with van der Waals surface area (Å²) in [4.78, 5) is 22.1. The largest absolute Gasteiger partial charge is 0.490 e. The average molecular weight is 330 g/mol. The first kappa shape index (κ1) is 16.5. The van der Waals surface area contributed by atoms with Crippen LogP contribution in [-0.4, -0.2) is 28.7 Å². The molecule has 2 rings (SSSR count). The van der Waals surface area contributed by atoms with Crippen LogP contribution in [0.5, 0.6) is 5.75 Å². The van der Waals surface area contributed by atoms with E-state index in [0.29, 0.717) is 0 Å². The molecule has 0 saturated carbocycles. The van der Waals surface area contributed by atoms with Crippen molar-refractivity contribution < 1.29 is 24.3 Å². The number of halogens is 1. The minimum absolute atomic E-state index is 0.0867. The lowest BCUT2D eigenvalue weighted by atomic mass is 9.82. The summed E-state index contributed by atoms with van der Waals surface area (Å²) >= 11 is 5.86. The molecule has 0 radical (unpaired) electrons. The molecular weight excluding hydrogens is 314 g/mol. The predicted octanol–water partition coefficient (Wildman–Crippen LogP) is 2.56. The summed E-state index contributed by atoms with van der Waals surface area (Å²) in [6, 6.07) is 2.45. The molecule has 0 aliphatic carbocycles. The summed E-state index contributed by atoms with van der Waals surface area (Å²) in [5, 5.41) is 21.8. The Hall–Kier alpha value is -1.86. The van der Waals surface area contributed by atoms with E-state index in [1.807, 2.05) is 0 Å². The first-order chi connectivity index (χ1) is 10.3. The van der Waals surface area contributed by atoms with Crippen molar-refractivity contribution in [2.75, 3.05) is 6.61 Å². The molecule has 22 heavy (non-hydrogen) atoms. The van der Waals surface area contributed by atoms with Crippen molar-refractivity contribution in [2.24, 2.45) is 0 Å². The summed E-state index contributed by atoms with van der Waals surface area (Å²) in [5.41, 5.74) is -1.76. The lowest BCUT2D eigenvalue weighted by molar-refractivity contribution is -0.384. The molecule has 0 saturated heterocycles. The molecule has 0 bridgehead atoms. The van der Waals surface area contributed by atoms with E-state index in [2.05, 4.69) is 0 Å². The van der Waals surface area contributed by atoms with Crippen LogP contribution in [0, 0.1) is 10.1 Å². The zero-order valence-electron chi connectivity index (χ0n) is 12.2. The van der Waals surface area contributed by atoms with Crippen LogP contribution in [0.1, 0.15) is 32.3 Å². The van der Waals surface area contributed by atoms with E-state index in [0.717, 1.165) is 6.07 Å². The van der Waals surface area contributed by atoms with Crippen LogP contribution >= 0.6 is 11.6 Å². The minimum Gasteiger partial charge on any atom is -0.490 e. The topological polar surface area (TPSA) is 98.9 Å². The van der Waals surface area contributed by atoms with Gasteiger partial charge >= 0.3 is 5.97 Å². The van der Waals surface area contributed by atoms with E-state index in [-0.39, 0.29) is 47.6 Å². The number of rotatable bonds is 4. The number of aliphatic hydroxyl groups is 1. The normalized spacial score (nSPS) is 23.4. The Balaban J connectivity index is 2.49. The van der Waals surface area contributed by atoms with Gasteiger partial charge in [0.2, 0.25) is 0 Å². The molecule has 1 aliphatic rings. The number of nitro groups is 1. The molecule has 2 atom stereocenters. The molecule has 7 nitrogen and oxygen atoms in total. The zero-order chi connectivity index (χ0) is 16.5. The minimum atomic E-state index is -1.59. The fraction of sp³-hybridized carbons (Fsp3) is 0.500. The molecule has 1 aromatic carbocycles. The molecule has 1 aromatic rings. The van der Waals surface area contributed by atoms with Crippen LogP contribution in [-0.2, 0) is 15.1 Å². The summed E-state index contributed by atoms with van der Waals surface area (Å²) in [6.45, 7) is 3.58. The van der Waals surface area contributed by atoms with Crippen LogP contribution in [0.2, 0.25) is 5.02 Å². The van der Waals surface area contributed by atoms with Gasteiger partial charge in [0.25, 0.3) is 5.69 Å². The highest BCUT2D eigenvalue weighted by molar-refractivity contribution is 6.32.